The Balaban J connectivity index is 0.649. The average Bonchev–Trinajstić information content (AvgIpc) is 1.55. The maximum absolute atomic E-state index is 5.96. The second kappa shape index (κ2) is 28.5. The van der Waals surface area contributed by atoms with Gasteiger partial charge in [0.2, 0.25) is 17.8 Å². The van der Waals surface area contributed by atoms with E-state index in [4.69, 9.17) is 29.9 Å². The van der Waals surface area contributed by atoms with Gasteiger partial charge < -0.3 is 22.8 Å². The van der Waals surface area contributed by atoms with Crippen LogP contribution in [0.5, 0.6) is 0 Å². The lowest BCUT2D eigenvalue weighted by Crippen LogP contribution is -2.11. The quantitative estimate of drug-likeness (QED) is 0.120. The summed E-state index contributed by atoms with van der Waals surface area (Å²) < 4.78 is 19.2. The molecule has 622 valence electrons. The minimum Gasteiger partial charge on any atom is -0.307 e. The lowest BCUT2D eigenvalue weighted by atomic mass is 10.0. The highest BCUT2D eigenvalue weighted by atomic mass is 15.3. The third-order valence-electron chi connectivity index (χ3n) is 27.7. The van der Waals surface area contributed by atoms with Gasteiger partial charge in [0, 0.05) is 131 Å². The second-order valence-corrected chi connectivity index (χ2v) is 34.8. The van der Waals surface area contributed by atoms with Gasteiger partial charge in [0.1, 0.15) is 0 Å². The van der Waals surface area contributed by atoms with Gasteiger partial charge in [-0.15, -0.1) is 0 Å². The van der Waals surface area contributed by atoms with Gasteiger partial charge in [-0.1, -0.05) is 322 Å². The minimum absolute atomic E-state index is 0.479. The molecule has 134 heavy (non-hydrogen) atoms. The van der Waals surface area contributed by atoms with Crippen LogP contribution in [0.3, 0.4) is 0 Å². The Labute approximate surface area is 764 Å². The van der Waals surface area contributed by atoms with E-state index in [1.54, 1.807) is 0 Å². The standard InChI is InChI=1S/C120H72N14/c1-6-32-73(33-7-1)115-121-116(74-34-8-2-9-35-74)123-118(122-115)132-103-57-27-20-50-87(103)96-66-63-93-86-49-19-26-56-102(86)131(110(93)114(96)132)82-45-31-44-81(72-82)130-101-55-25-18-48-85(101)90-67-68-97-98-71-76(60-69-106(98)129(111(97)107(90)130)80-42-14-5-15-43-80)75-36-30-37-77(70-75)117-124-119(133-104-58-28-21-51-88(104)94-64-61-91-83-46-16-23-53-99(83)127(108(91)112(94)133)78-38-10-3-11-39-78)126-120(125-117)134-105-59-29-22-52-89(105)95-65-62-92-84-47-17-24-54-100(84)128(109(92)113(95)134)79-40-12-4-13-41-79/h1-72H. The third kappa shape index (κ3) is 10.7. The van der Waals surface area contributed by atoms with Crippen LogP contribution in [0.25, 0.3) is 266 Å². The summed E-state index contributed by atoms with van der Waals surface area (Å²) in [5.74, 6) is 3.18. The van der Waals surface area contributed by atoms with E-state index in [2.05, 4.69) is 437 Å². The Bertz CT molecular complexity index is 9720. The number of benzene rings is 19. The van der Waals surface area contributed by atoms with Crippen molar-refractivity contribution in [1.29, 1.82) is 0 Å². The summed E-state index contributed by atoms with van der Waals surface area (Å²) in [4.78, 5) is 33.8. The first-order valence-electron chi connectivity index (χ1n) is 45.4. The molecular formula is C120H72N14. The maximum atomic E-state index is 5.96. The van der Waals surface area contributed by atoms with E-state index in [-0.39, 0.29) is 0 Å². The van der Waals surface area contributed by atoms with Gasteiger partial charge in [-0.2, -0.15) is 24.9 Å². The first-order chi connectivity index (χ1) is 66.5. The molecule has 0 aliphatic carbocycles. The van der Waals surface area contributed by atoms with Crippen LogP contribution >= 0.6 is 0 Å². The normalized spacial score (nSPS) is 12.2. The molecule has 0 amide bonds. The monoisotopic (exact) mass is 1710 g/mol. The first-order valence-corrected chi connectivity index (χ1v) is 45.4. The van der Waals surface area contributed by atoms with Crippen molar-refractivity contribution in [2.24, 2.45) is 0 Å². The summed E-state index contributed by atoms with van der Waals surface area (Å²) in [5, 5.41) is 17.8. The van der Waals surface area contributed by atoms with Crippen molar-refractivity contribution in [2.45, 2.75) is 0 Å². The molecule has 29 aromatic rings. The van der Waals surface area contributed by atoms with Crippen LogP contribution in [0.4, 0.5) is 0 Å². The molecule has 10 heterocycles. The highest BCUT2D eigenvalue weighted by Crippen LogP contribution is 2.50. The second-order valence-electron chi connectivity index (χ2n) is 34.8. The zero-order valence-corrected chi connectivity index (χ0v) is 71.8. The van der Waals surface area contributed by atoms with Crippen molar-refractivity contribution in [3.8, 4) is 91.6 Å². The van der Waals surface area contributed by atoms with Gasteiger partial charge >= 0.3 is 0 Å². The largest absolute Gasteiger partial charge is 0.307 e. The topological polar surface area (TPSA) is 117 Å². The van der Waals surface area contributed by atoms with Crippen LogP contribution in [-0.4, -0.2) is 66.4 Å². The van der Waals surface area contributed by atoms with E-state index in [0.29, 0.717) is 35.3 Å². The molecular weight excluding hydrogens is 1640 g/mol. The van der Waals surface area contributed by atoms with Crippen LogP contribution < -0.4 is 0 Å². The number of fused-ring (bicyclic) bond motifs is 28. The molecule has 19 aromatic carbocycles. The van der Waals surface area contributed by atoms with E-state index >= 15 is 0 Å². The number of para-hydroxylation sites is 10. The van der Waals surface area contributed by atoms with Crippen LogP contribution in [0, 0.1) is 0 Å². The number of hydrogen-bond acceptors (Lipinski definition) is 6. The predicted molar refractivity (Wildman–Crippen MR) is 550 cm³/mol. The molecule has 0 saturated carbocycles. The van der Waals surface area contributed by atoms with Crippen molar-refractivity contribution >= 4 is 174 Å². The number of aromatic nitrogens is 14. The van der Waals surface area contributed by atoms with Gasteiger partial charge in [-0.05, 0) is 126 Å². The highest BCUT2D eigenvalue weighted by molar-refractivity contribution is 6.29. The molecule has 0 N–H and O–H groups in total. The molecule has 0 saturated heterocycles. The lowest BCUT2D eigenvalue weighted by molar-refractivity contribution is 0.893. The summed E-state index contributed by atoms with van der Waals surface area (Å²) in [6.07, 6.45) is 0. The molecule has 0 fully saturated rings. The fraction of sp³-hybridized carbons (Fsp3) is 0. The molecule has 0 aliphatic heterocycles. The zero-order chi connectivity index (χ0) is 87.5. The summed E-state index contributed by atoms with van der Waals surface area (Å²) in [6.45, 7) is 0. The SMILES string of the molecule is c1ccc(-c2nc(-c3ccccc3)nc(-n3c4ccccc4c4ccc5c6ccccc6n(-c6cccc(-n7c8ccccc8c8ccc9c%10cc(-c%11cccc(-c%12nc(-n%13c%14ccccc%14c%14ccc%15c%16ccccc%16n(-c%16ccccc%16)c%15c%14%13)nc(-n%13c%14ccccc%14c%14ccc%15c%16ccccc%16n(-c%16ccccc%16)c%15c%14%13)n%12)c%11)ccc%10n(-c%10ccccc%10)c9c87)c6)c5c43)n2)cc1. The maximum Gasteiger partial charge on any atom is 0.240 e. The van der Waals surface area contributed by atoms with Crippen molar-refractivity contribution in [1.82, 2.24) is 66.4 Å². The summed E-state index contributed by atoms with van der Waals surface area (Å²) in [5.41, 5.74) is 26.5. The fourth-order valence-corrected chi connectivity index (χ4v) is 22.1. The van der Waals surface area contributed by atoms with Gasteiger partial charge in [0.15, 0.2) is 17.5 Å². The molecule has 14 nitrogen and oxygen atoms in total. The summed E-state index contributed by atoms with van der Waals surface area (Å²) >= 11 is 0. The van der Waals surface area contributed by atoms with Gasteiger partial charge in [0.25, 0.3) is 0 Å². The van der Waals surface area contributed by atoms with E-state index in [1.165, 1.54) is 0 Å². The number of rotatable bonds is 12. The lowest BCUT2D eigenvalue weighted by Gasteiger charge is -2.15. The summed E-state index contributed by atoms with van der Waals surface area (Å²) in [6, 6.07) is 158. The molecule has 0 unspecified atom stereocenters. The molecule has 0 spiro atoms. The van der Waals surface area contributed by atoms with E-state index in [0.717, 1.165) is 231 Å². The van der Waals surface area contributed by atoms with Crippen molar-refractivity contribution in [2.75, 3.05) is 0 Å². The van der Waals surface area contributed by atoms with Gasteiger partial charge in [0.05, 0.1) is 88.3 Å². The van der Waals surface area contributed by atoms with Gasteiger partial charge in [-0.25, -0.2) is 4.98 Å². The Hall–Kier alpha value is -18.4. The summed E-state index contributed by atoms with van der Waals surface area (Å²) in [7, 11) is 0. The Morgan fingerprint density at radius 2 is 0.343 bits per heavy atom. The Morgan fingerprint density at radius 3 is 0.679 bits per heavy atom. The van der Waals surface area contributed by atoms with Gasteiger partial charge in [-0.3, -0.25) is 13.7 Å². The van der Waals surface area contributed by atoms with E-state index in [1.807, 2.05) is 36.4 Å². The number of nitrogens with zero attached hydrogens (tertiary/aromatic N) is 14. The molecule has 0 radical (unpaired) electrons. The highest BCUT2D eigenvalue weighted by Gasteiger charge is 2.31. The minimum atomic E-state index is 0.479. The third-order valence-corrected chi connectivity index (χ3v) is 27.7. The Morgan fingerprint density at radius 1 is 0.119 bits per heavy atom. The average molecular weight is 1710 g/mol. The molecule has 10 aromatic heterocycles. The first kappa shape index (κ1) is 73.6. The van der Waals surface area contributed by atoms with Crippen molar-refractivity contribution in [3.05, 3.63) is 437 Å². The molecule has 0 atom stereocenters. The van der Waals surface area contributed by atoms with Crippen molar-refractivity contribution < 1.29 is 0 Å². The van der Waals surface area contributed by atoms with E-state index in [9.17, 15) is 0 Å². The molecule has 29 rings (SSSR count). The van der Waals surface area contributed by atoms with E-state index < -0.39 is 0 Å². The van der Waals surface area contributed by atoms with Crippen LogP contribution in [-0.2, 0) is 0 Å². The zero-order valence-electron chi connectivity index (χ0n) is 71.8. The fourth-order valence-electron chi connectivity index (χ4n) is 22.1. The predicted octanol–water partition coefficient (Wildman–Crippen LogP) is 29.5. The smallest absolute Gasteiger partial charge is 0.240 e. The van der Waals surface area contributed by atoms with Crippen molar-refractivity contribution in [3.63, 3.8) is 0 Å². The number of hydrogen-bond donors (Lipinski definition) is 0. The Kier molecular flexibility index (Phi) is 15.7. The van der Waals surface area contributed by atoms with Crippen LogP contribution in [0.2, 0.25) is 0 Å². The molecule has 14 heteroatoms. The van der Waals surface area contributed by atoms with Crippen LogP contribution in [0.1, 0.15) is 0 Å². The van der Waals surface area contributed by atoms with Crippen LogP contribution in [0.15, 0.2) is 437 Å². The molecule has 0 bridgehead atoms. The molecule has 0 aliphatic rings.